The van der Waals surface area contributed by atoms with Crippen molar-refractivity contribution in [3.05, 3.63) is 51.7 Å². The number of aryl methyl sites for hydroxylation is 1. The molecular weight excluding hydrogens is 304 g/mol. The fraction of sp³-hybridized carbons (Fsp3) is 0.389. The molecule has 122 valence electrons. The number of anilines is 1. The normalized spacial score (nSPS) is 14.5. The topological polar surface area (TPSA) is 39.7 Å². The Bertz CT molecular complexity index is 664. The molecule has 23 heavy (non-hydrogen) atoms. The summed E-state index contributed by atoms with van der Waals surface area (Å²) in [6.07, 6.45) is 2.42. The van der Waals surface area contributed by atoms with Gasteiger partial charge in [-0.1, -0.05) is 18.2 Å². The Morgan fingerprint density at radius 1 is 1.26 bits per heavy atom. The molecule has 1 aromatic heterocycles. The fourth-order valence-corrected chi connectivity index (χ4v) is 3.58. The molecule has 1 aliphatic heterocycles. The molecule has 0 amide bonds. The fourth-order valence-electron chi connectivity index (χ4n) is 2.94. The van der Waals surface area contributed by atoms with Gasteiger partial charge in [-0.15, -0.1) is 11.3 Å². The Balaban J connectivity index is 1.56. The van der Waals surface area contributed by atoms with Gasteiger partial charge in [-0.3, -0.25) is 4.99 Å². The highest BCUT2D eigenvalue weighted by molar-refractivity contribution is 7.09. The van der Waals surface area contributed by atoms with Crippen LogP contribution in [0, 0.1) is 0 Å². The molecule has 0 fully saturated rings. The summed E-state index contributed by atoms with van der Waals surface area (Å²) in [7, 11) is 3.98. The molecule has 5 heteroatoms. The van der Waals surface area contributed by atoms with E-state index in [0.717, 1.165) is 25.6 Å². The van der Waals surface area contributed by atoms with Gasteiger partial charge in [0, 0.05) is 37.7 Å². The predicted molar refractivity (Wildman–Crippen MR) is 99.4 cm³/mol. The summed E-state index contributed by atoms with van der Waals surface area (Å²) in [4.78, 5) is 7.95. The monoisotopic (exact) mass is 328 g/mol. The Morgan fingerprint density at radius 2 is 2.13 bits per heavy atom. The van der Waals surface area contributed by atoms with Gasteiger partial charge in [-0.2, -0.15) is 0 Å². The third-order valence-corrected chi connectivity index (χ3v) is 5.06. The molecule has 1 aromatic carbocycles. The smallest absolute Gasteiger partial charge is 0.191 e. The lowest BCUT2D eigenvalue weighted by Gasteiger charge is -2.28. The van der Waals surface area contributed by atoms with Crippen molar-refractivity contribution >= 4 is 23.0 Å². The van der Waals surface area contributed by atoms with Crippen LogP contribution in [0.2, 0.25) is 0 Å². The quantitative estimate of drug-likeness (QED) is 0.669. The van der Waals surface area contributed by atoms with E-state index in [-0.39, 0.29) is 0 Å². The molecule has 0 saturated heterocycles. The van der Waals surface area contributed by atoms with Crippen LogP contribution in [0.1, 0.15) is 22.4 Å². The number of fused-ring (bicyclic) bond motifs is 1. The maximum absolute atomic E-state index is 4.29. The highest BCUT2D eigenvalue weighted by Gasteiger charge is 2.13. The summed E-state index contributed by atoms with van der Waals surface area (Å²) >= 11 is 1.76. The summed E-state index contributed by atoms with van der Waals surface area (Å²) in [6.45, 7) is 2.76. The van der Waals surface area contributed by atoms with Crippen molar-refractivity contribution in [2.45, 2.75) is 25.9 Å². The van der Waals surface area contributed by atoms with Crippen molar-refractivity contribution in [1.82, 2.24) is 10.6 Å². The molecule has 2 N–H and O–H groups in total. The van der Waals surface area contributed by atoms with Gasteiger partial charge in [0.25, 0.3) is 0 Å². The number of rotatable bonds is 4. The van der Waals surface area contributed by atoms with Gasteiger partial charge in [0.2, 0.25) is 0 Å². The highest BCUT2D eigenvalue weighted by Crippen LogP contribution is 2.26. The maximum atomic E-state index is 4.29. The first-order valence-electron chi connectivity index (χ1n) is 8.06. The van der Waals surface area contributed by atoms with Gasteiger partial charge in [-0.05, 0) is 41.5 Å². The lowest BCUT2D eigenvalue weighted by Crippen LogP contribution is -2.36. The molecule has 0 bridgehead atoms. The summed E-state index contributed by atoms with van der Waals surface area (Å²) in [5.74, 6) is 0.841. The number of aliphatic imine (C=N–C) groups is 1. The zero-order valence-electron chi connectivity index (χ0n) is 13.8. The van der Waals surface area contributed by atoms with Crippen molar-refractivity contribution < 1.29 is 0 Å². The number of nitrogens with zero attached hydrogens (tertiary/aromatic N) is 2. The minimum absolute atomic E-state index is 0.793. The van der Waals surface area contributed by atoms with Gasteiger partial charge < -0.3 is 15.5 Å². The summed E-state index contributed by atoms with van der Waals surface area (Å²) in [5.41, 5.74) is 4.14. The van der Waals surface area contributed by atoms with E-state index in [9.17, 15) is 0 Å². The second-order valence-electron chi connectivity index (χ2n) is 5.85. The molecule has 0 spiro atoms. The van der Waals surface area contributed by atoms with E-state index in [1.165, 1.54) is 34.5 Å². The van der Waals surface area contributed by atoms with Crippen LogP contribution in [0.4, 0.5) is 5.69 Å². The number of thiophene rings is 1. The Kier molecular flexibility index (Phi) is 5.18. The van der Waals surface area contributed by atoms with Gasteiger partial charge in [0.15, 0.2) is 5.96 Å². The van der Waals surface area contributed by atoms with Crippen LogP contribution in [-0.4, -0.2) is 26.6 Å². The van der Waals surface area contributed by atoms with Crippen molar-refractivity contribution in [1.29, 1.82) is 0 Å². The Hall–Kier alpha value is -2.01. The SMILES string of the molecule is CN=C(NCc1ccc2c(c1)CCCN2C)NCc1cccs1. The predicted octanol–water partition coefficient (Wildman–Crippen LogP) is 3.00. The lowest BCUT2D eigenvalue weighted by atomic mass is 9.99. The standard InChI is InChI=1S/C18H24N4S/c1-19-18(21-13-16-6-4-10-23-16)20-12-14-7-8-17-15(11-14)5-3-9-22(17)2/h4,6-8,10-11H,3,5,9,12-13H2,1-2H3,(H2,19,20,21). The van der Waals surface area contributed by atoms with Crippen molar-refractivity contribution in [3.63, 3.8) is 0 Å². The molecule has 3 rings (SSSR count). The molecule has 0 saturated carbocycles. The molecule has 0 unspecified atom stereocenters. The van der Waals surface area contributed by atoms with Crippen molar-refractivity contribution in [2.24, 2.45) is 4.99 Å². The number of guanidine groups is 1. The van der Waals surface area contributed by atoms with Gasteiger partial charge in [0.1, 0.15) is 0 Å². The largest absolute Gasteiger partial charge is 0.374 e. The average molecular weight is 328 g/mol. The first kappa shape index (κ1) is 15.9. The van der Waals surface area contributed by atoms with E-state index in [0.29, 0.717) is 0 Å². The van der Waals surface area contributed by atoms with Crippen LogP contribution < -0.4 is 15.5 Å². The molecule has 2 heterocycles. The third kappa shape index (κ3) is 4.05. The number of hydrogen-bond acceptors (Lipinski definition) is 3. The summed E-state index contributed by atoms with van der Waals surface area (Å²) < 4.78 is 0. The molecule has 0 radical (unpaired) electrons. The molecule has 4 nitrogen and oxygen atoms in total. The molecular formula is C18H24N4S. The van der Waals surface area contributed by atoms with Crippen LogP contribution >= 0.6 is 11.3 Å². The van der Waals surface area contributed by atoms with E-state index in [4.69, 9.17) is 0 Å². The van der Waals surface area contributed by atoms with E-state index >= 15 is 0 Å². The second-order valence-corrected chi connectivity index (χ2v) is 6.88. The number of hydrogen-bond donors (Lipinski definition) is 2. The van der Waals surface area contributed by atoms with Gasteiger partial charge in [-0.25, -0.2) is 0 Å². The second kappa shape index (κ2) is 7.51. The molecule has 0 aliphatic carbocycles. The zero-order chi connectivity index (χ0) is 16.1. The summed E-state index contributed by atoms with van der Waals surface area (Å²) in [6, 6.07) is 11.0. The highest BCUT2D eigenvalue weighted by atomic mass is 32.1. The molecule has 1 aliphatic rings. The van der Waals surface area contributed by atoms with Crippen LogP contribution in [-0.2, 0) is 19.5 Å². The first-order valence-corrected chi connectivity index (χ1v) is 8.94. The van der Waals surface area contributed by atoms with Crippen LogP contribution in [0.5, 0.6) is 0 Å². The first-order chi connectivity index (χ1) is 11.3. The van der Waals surface area contributed by atoms with Crippen LogP contribution in [0.3, 0.4) is 0 Å². The van der Waals surface area contributed by atoms with Crippen LogP contribution in [0.15, 0.2) is 40.7 Å². The zero-order valence-corrected chi connectivity index (χ0v) is 14.6. The minimum atomic E-state index is 0.793. The molecule has 0 atom stereocenters. The van der Waals surface area contributed by atoms with Crippen molar-refractivity contribution in [3.8, 4) is 0 Å². The van der Waals surface area contributed by atoms with E-state index in [1.807, 2.05) is 7.05 Å². The average Bonchev–Trinajstić information content (AvgIpc) is 3.08. The van der Waals surface area contributed by atoms with Crippen molar-refractivity contribution in [2.75, 3.05) is 25.5 Å². The number of nitrogens with one attached hydrogen (secondary N) is 2. The lowest BCUT2D eigenvalue weighted by molar-refractivity contribution is 0.740. The minimum Gasteiger partial charge on any atom is -0.374 e. The van der Waals surface area contributed by atoms with Crippen LogP contribution in [0.25, 0.3) is 0 Å². The molecule has 2 aromatic rings. The maximum Gasteiger partial charge on any atom is 0.191 e. The number of benzene rings is 1. The van der Waals surface area contributed by atoms with Gasteiger partial charge >= 0.3 is 0 Å². The Morgan fingerprint density at radius 3 is 2.91 bits per heavy atom. The Labute approximate surface area is 142 Å². The van der Waals surface area contributed by atoms with Gasteiger partial charge in [0.05, 0.1) is 6.54 Å². The third-order valence-electron chi connectivity index (χ3n) is 4.19. The van der Waals surface area contributed by atoms with E-state index in [1.54, 1.807) is 11.3 Å². The van der Waals surface area contributed by atoms with E-state index < -0.39 is 0 Å². The summed E-state index contributed by atoms with van der Waals surface area (Å²) in [5, 5.41) is 8.84. The van der Waals surface area contributed by atoms with E-state index in [2.05, 4.69) is 63.3 Å².